The molecular formula is C15H27N3O. The van der Waals surface area contributed by atoms with E-state index < -0.39 is 0 Å². The van der Waals surface area contributed by atoms with Crippen molar-refractivity contribution in [3.05, 3.63) is 18.0 Å². The number of hydrogen-bond donors (Lipinski definition) is 1. The monoisotopic (exact) mass is 265 g/mol. The van der Waals surface area contributed by atoms with E-state index in [1.807, 2.05) is 17.9 Å². The summed E-state index contributed by atoms with van der Waals surface area (Å²) in [5, 5.41) is 8.18. The van der Waals surface area contributed by atoms with Gasteiger partial charge in [-0.25, -0.2) is 0 Å². The molecule has 2 unspecified atom stereocenters. The van der Waals surface area contributed by atoms with E-state index in [0.29, 0.717) is 0 Å². The standard InChI is InChI=1S/C15H27N3O/c1-12-15(7-9-19-12,11-16-14(2,3)4)10-13-6-8-18(5)17-13/h6,8,12,16H,7,9-11H2,1-5H3. The SMILES string of the molecule is CC1OCCC1(CNC(C)(C)C)Cc1ccn(C)n1. The van der Waals surface area contributed by atoms with Gasteiger partial charge in [0.25, 0.3) is 0 Å². The lowest BCUT2D eigenvalue weighted by molar-refractivity contribution is 0.0592. The van der Waals surface area contributed by atoms with Gasteiger partial charge in [-0.15, -0.1) is 0 Å². The highest BCUT2D eigenvalue weighted by atomic mass is 16.5. The zero-order valence-corrected chi connectivity index (χ0v) is 12.9. The highest BCUT2D eigenvalue weighted by Gasteiger charge is 2.42. The highest BCUT2D eigenvalue weighted by Crippen LogP contribution is 2.37. The van der Waals surface area contributed by atoms with E-state index in [2.05, 4.69) is 44.2 Å². The molecule has 0 aromatic carbocycles. The number of aryl methyl sites for hydroxylation is 1. The molecule has 1 fully saturated rings. The maximum atomic E-state index is 5.84. The van der Waals surface area contributed by atoms with E-state index in [0.717, 1.165) is 31.7 Å². The van der Waals surface area contributed by atoms with Crippen molar-refractivity contribution >= 4 is 0 Å². The van der Waals surface area contributed by atoms with Crippen molar-refractivity contribution in [2.75, 3.05) is 13.2 Å². The van der Waals surface area contributed by atoms with Crippen LogP contribution in [0, 0.1) is 5.41 Å². The third-order valence-electron chi connectivity index (χ3n) is 4.10. The third kappa shape index (κ3) is 3.57. The van der Waals surface area contributed by atoms with Crippen LogP contribution in [0.1, 0.15) is 39.8 Å². The van der Waals surface area contributed by atoms with Crippen LogP contribution < -0.4 is 5.32 Å². The lowest BCUT2D eigenvalue weighted by Gasteiger charge is -2.35. The fourth-order valence-corrected chi connectivity index (χ4v) is 2.71. The fourth-order valence-electron chi connectivity index (χ4n) is 2.71. The van der Waals surface area contributed by atoms with Crippen molar-refractivity contribution in [3.8, 4) is 0 Å². The molecule has 0 amide bonds. The number of ether oxygens (including phenoxy) is 1. The van der Waals surface area contributed by atoms with Gasteiger partial charge in [-0.3, -0.25) is 4.68 Å². The van der Waals surface area contributed by atoms with Gasteiger partial charge in [0, 0.05) is 43.8 Å². The minimum atomic E-state index is 0.138. The Morgan fingerprint density at radius 2 is 2.26 bits per heavy atom. The van der Waals surface area contributed by atoms with E-state index in [1.54, 1.807) is 0 Å². The molecule has 0 bridgehead atoms. The van der Waals surface area contributed by atoms with Crippen molar-refractivity contribution in [1.29, 1.82) is 0 Å². The van der Waals surface area contributed by atoms with Crippen LogP contribution in [0.5, 0.6) is 0 Å². The Balaban J connectivity index is 2.11. The predicted octanol–water partition coefficient (Wildman–Crippen LogP) is 2.15. The summed E-state index contributed by atoms with van der Waals surface area (Å²) in [5.74, 6) is 0. The molecule has 1 aromatic heterocycles. The van der Waals surface area contributed by atoms with Gasteiger partial charge in [-0.2, -0.15) is 5.10 Å². The summed E-state index contributed by atoms with van der Waals surface area (Å²) in [6.45, 7) is 10.7. The van der Waals surface area contributed by atoms with E-state index in [1.165, 1.54) is 0 Å². The van der Waals surface area contributed by atoms with Gasteiger partial charge >= 0.3 is 0 Å². The maximum absolute atomic E-state index is 5.84. The average molecular weight is 265 g/mol. The summed E-state index contributed by atoms with van der Waals surface area (Å²) in [4.78, 5) is 0. The van der Waals surface area contributed by atoms with Gasteiger partial charge in [-0.1, -0.05) is 0 Å². The van der Waals surface area contributed by atoms with E-state index in [4.69, 9.17) is 4.74 Å². The zero-order valence-electron chi connectivity index (χ0n) is 12.9. The molecule has 1 aromatic rings. The Morgan fingerprint density at radius 3 is 2.74 bits per heavy atom. The molecular weight excluding hydrogens is 238 g/mol. The summed E-state index contributed by atoms with van der Waals surface area (Å²) >= 11 is 0. The first-order valence-corrected chi connectivity index (χ1v) is 7.16. The van der Waals surface area contributed by atoms with Gasteiger partial charge in [0.1, 0.15) is 0 Å². The summed E-state index contributed by atoms with van der Waals surface area (Å²) in [5.41, 5.74) is 1.47. The average Bonchev–Trinajstić information content (AvgIpc) is 2.84. The van der Waals surface area contributed by atoms with Crippen LogP contribution >= 0.6 is 0 Å². The largest absolute Gasteiger partial charge is 0.378 e. The Bertz CT molecular complexity index is 421. The molecule has 1 saturated heterocycles. The van der Waals surface area contributed by atoms with Crippen LogP contribution in [0.2, 0.25) is 0 Å². The summed E-state index contributed by atoms with van der Waals surface area (Å²) in [6.07, 6.45) is 4.39. The molecule has 1 aliphatic rings. The lowest BCUT2D eigenvalue weighted by Crippen LogP contribution is -2.47. The number of hydrogen-bond acceptors (Lipinski definition) is 3. The second-order valence-electron chi connectivity index (χ2n) is 6.89. The molecule has 0 radical (unpaired) electrons. The molecule has 108 valence electrons. The summed E-state index contributed by atoms with van der Waals surface area (Å²) < 4.78 is 7.71. The van der Waals surface area contributed by atoms with Gasteiger partial charge in [0.2, 0.25) is 0 Å². The van der Waals surface area contributed by atoms with E-state index in [-0.39, 0.29) is 17.1 Å². The molecule has 1 N–H and O–H groups in total. The Morgan fingerprint density at radius 1 is 1.53 bits per heavy atom. The lowest BCUT2D eigenvalue weighted by atomic mass is 9.77. The van der Waals surface area contributed by atoms with Crippen LogP contribution in [0.4, 0.5) is 0 Å². The van der Waals surface area contributed by atoms with Crippen molar-refractivity contribution in [2.24, 2.45) is 12.5 Å². The zero-order chi connectivity index (χ0) is 14.1. The van der Waals surface area contributed by atoms with Crippen LogP contribution in [0.25, 0.3) is 0 Å². The molecule has 0 spiro atoms. The van der Waals surface area contributed by atoms with E-state index in [9.17, 15) is 0 Å². The maximum Gasteiger partial charge on any atom is 0.0631 e. The molecule has 1 aliphatic heterocycles. The topological polar surface area (TPSA) is 39.1 Å². The number of aromatic nitrogens is 2. The van der Waals surface area contributed by atoms with Gasteiger partial charge in [-0.05, 0) is 40.2 Å². The van der Waals surface area contributed by atoms with Crippen LogP contribution in [0.15, 0.2) is 12.3 Å². The Kier molecular flexibility index (Phi) is 4.02. The molecule has 2 heterocycles. The molecule has 2 rings (SSSR count). The van der Waals surface area contributed by atoms with Crippen molar-refractivity contribution in [3.63, 3.8) is 0 Å². The van der Waals surface area contributed by atoms with Crippen molar-refractivity contribution in [2.45, 2.75) is 52.2 Å². The summed E-state index contributed by atoms with van der Waals surface area (Å²) in [6, 6.07) is 2.11. The number of rotatable bonds is 4. The minimum Gasteiger partial charge on any atom is -0.378 e. The molecule has 4 nitrogen and oxygen atoms in total. The van der Waals surface area contributed by atoms with Crippen molar-refractivity contribution < 1.29 is 4.74 Å². The van der Waals surface area contributed by atoms with Crippen LogP contribution in [-0.2, 0) is 18.2 Å². The van der Waals surface area contributed by atoms with Gasteiger partial charge in [0.05, 0.1) is 11.8 Å². The fraction of sp³-hybridized carbons (Fsp3) is 0.800. The normalized spacial score (nSPS) is 27.9. The quantitative estimate of drug-likeness (QED) is 0.906. The first kappa shape index (κ1) is 14.5. The first-order valence-electron chi connectivity index (χ1n) is 7.16. The molecule has 0 aliphatic carbocycles. The highest BCUT2D eigenvalue weighted by molar-refractivity contribution is 5.07. The first-order chi connectivity index (χ1) is 8.81. The Labute approximate surface area is 116 Å². The number of nitrogens with one attached hydrogen (secondary N) is 1. The van der Waals surface area contributed by atoms with Crippen LogP contribution in [-0.4, -0.2) is 34.6 Å². The molecule has 2 atom stereocenters. The minimum absolute atomic E-state index is 0.138. The van der Waals surface area contributed by atoms with E-state index >= 15 is 0 Å². The molecule has 19 heavy (non-hydrogen) atoms. The van der Waals surface area contributed by atoms with Gasteiger partial charge < -0.3 is 10.1 Å². The smallest absolute Gasteiger partial charge is 0.0631 e. The van der Waals surface area contributed by atoms with Crippen LogP contribution in [0.3, 0.4) is 0 Å². The Hall–Kier alpha value is -0.870. The second-order valence-corrected chi connectivity index (χ2v) is 6.89. The van der Waals surface area contributed by atoms with Gasteiger partial charge in [0.15, 0.2) is 0 Å². The predicted molar refractivity (Wildman–Crippen MR) is 77.1 cm³/mol. The third-order valence-corrected chi connectivity index (χ3v) is 4.10. The molecule has 4 heteroatoms. The van der Waals surface area contributed by atoms with Crippen molar-refractivity contribution in [1.82, 2.24) is 15.1 Å². The summed E-state index contributed by atoms with van der Waals surface area (Å²) in [7, 11) is 1.97. The number of nitrogens with zero attached hydrogens (tertiary/aromatic N) is 2. The second kappa shape index (κ2) is 5.25. The molecule has 0 saturated carbocycles.